The van der Waals surface area contributed by atoms with Crippen molar-refractivity contribution < 1.29 is 4.74 Å². The molecule has 2 atom stereocenters. The number of nitrogens with zero attached hydrogens (tertiary/aromatic N) is 1. The highest BCUT2D eigenvalue weighted by atomic mass is 32.1. The highest BCUT2D eigenvalue weighted by Crippen LogP contribution is 2.29. The van der Waals surface area contributed by atoms with Crippen molar-refractivity contribution >= 4 is 11.3 Å². The van der Waals surface area contributed by atoms with Crippen LogP contribution in [-0.4, -0.2) is 18.1 Å². The molecule has 1 N–H and O–H groups in total. The largest absolute Gasteiger partial charge is 0.371 e. The molecule has 0 spiro atoms. The van der Waals surface area contributed by atoms with Crippen molar-refractivity contribution in [3.05, 3.63) is 16.1 Å². The van der Waals surface area contributed by atoms with E-state index in [0.717, 1.165) is 31.0 Å². The minimum atomic E-state index is 0.178. The zero-order valence-corrected chi connectivity index (χ0v) is 12.1. The normalized spacial score (nSPS) is 14.8. The van der Waals surface area contributed by atoms with Crippen LogP contribution in [0.2, 0.25) is 0 Å². The molecule has 1 rings (SSSR count). The summed E-state index contributed by atoms with van der Waals surface area (Å²) in [4.78, 5) is 5.80. The first-order valence-corrected chi connectivity index (χ1v) is 7.35. The lowest BCUT2D eigenvalue weighted by atomic mass is 10.2. The van der Waals surface area contributed by atoms with Gasteiger partial charge in [-0.05, 0) is 26.8 Å². The summed E-state index contributed by atoms with van der Waals surface area (Å²) < 4.78 is 5.75. The smallest absolute Gasteiger partial charge is 0.122 e. The van der Waals surface area contributed by atoms with Crippen LogP contribution in [-0.2, 0) is 4.74 Å². The Balaban J connectivity index is 2.69. The number of rotatable bonds is 8. The topological polar surface area (TPSA) is 34.1 Å². The molecular weight excluding hydrogens is 232 g/mol. The minimum absolute atomic E-state index is 0.178. The molecule has 0 amide bonds. The molecule has 0 aliphatic heterocycles. The van der Waals surface area contributed by atoms with Crippen molar-refractivity contribution in [1.29, 1.82) is 0 Å². The fraction of sp³-hybridized carbons (Fsp3) is 0.769. The molecule has 1 heterocycles. The summed E-state index contributed by atoms with van der Waals surface area (Å²) in [6, 6.07) is 0.384. The van der Waals surface area contributed by atoms with Gasteiger partial charge in [-0.3, -0.25) is 0 Å². The zero-order chi connectivity index (χ0) is 12.7. The van der Waals surface area contributed by atoms with Crippen LogP contribution in [0.5, 0.6) is 0 Å². The van der Waals surface area contributed by atoms with E-state index in [1.54, 1.807) is 11.3 Å². The lowest BCUT2D eigenvalue weighted by Gasteiger charge is -2.13. The summed E-state index contributed by atoms with van der Waals surface area (Å²) >= 11 is 1.77. The van der Waals surface area contributed by atoms with E-state index in [2.05, 4.69) is 31.1 Å². The number of hydrogen-bond acceptors (Lipinski definition) is 4. The molecule has 1 aromatic rings. The van der Waals surface area contributed by atoms with Crippen LogP contribution in [0.4, 0.5) is 0 Å². The highest BCUT2D eigenvalue weighted by Gasteiger charge is 2.16. The Labute approximate surface area is 109 Å². The number of aromatic nitrogens is 1. The van der Waals surface area contributed by atoms with Gasteiger partial charge in [0.25, 0.3) is 0 Å². The predicted molar refractivity (Wildman–Crippen MR) is 73.5 cm³/mol. The van der Waals surface area contributed by atoms with Gasteiger partial charge in [0.1, 0.15) is 11.1 Å². The molecule has 2 unspecified atom stereocenters. The fourth-order valence-corrected chi connectivity index (χ4v) is 2.83. The minimum Gasteiger partial charge on any atom is -0.371 e. The standard InChI is InChI=1S/C13H24N2OS/c1-5-8-11(16-7-3)13-15-9-12(17-13)10(4)14-6-2/h9-11,14H,5-8H2,1-4H3. The first-order valence-electron chi connectivity index (χ1n) is 6.53. The van der Waals surface area contributed by atoms with Crippen LogP contribution >= 0.6 is 11.3 Å². The lowest BCUT2D eigenvalue weighted by molar-refractivity contribution is 0.0555. The Morgan fingerprint density at radius 3 is 2.76 bits per heavy atom. The molecule has 3 nitrogen and oxygen atoms in total. The van der Waals surface area contributed by atoms with Gasteiger partial charge in [0.15, 0.2) is 0 Å². The summed E-state index contributed by atoms with van der Waals surface area (Å²) in [6.45, 7) is 10.3. The second-order valence-corrected chi connectivity index (χ2v) is 5.21. The molecule has 0 aliphatic rings. The first-order chi connectivity index (χ1) is 8.22. The van der Waals surface area contributed by atoms with Gasteiger partial charge in [0.05, 0.1) is 0 Å². The Bertz CT molecular complexity index is 308. The third kappa shape index (κ3) is 4.37. The van der Waals surface area contributed by atoms with Gasteiger partial charge in [-0.25, -0.2) is 4.98 Å². The van der Waals surface area contributed by atoms with E-state index >= 15 is 0 Å². The van der Waals surface area contributed by atoms with Crippen LogP contribution in [0.15, 0.2) is 6.20 Å². The molecular formula is C13H24N2OS. The summed E-state index contributed by atoms with van der Waals surface area (Å²) in [5.41, 5.74) is 0. The molecule has 0 bridgehead atoms. The van der Waals surface area contributed by atoms with Crippen molar-refractivity contribution in [2.75, 3.05) is 13.2 Å². The van der Waals surface area contributed by atoms with Crippen LogP contribution in [0.25, 0.3) is 0 Å². The van der Waals surface area contributed by atoms with Crippen molar-refractivity contribution in [2.45, 2.75) is 52.7 Å². The average Bonchev–Trinajstić information content (AvgIpc) is 2.78. The molecule has 0 radical (unpaired) electrons. The monoisotopic (exact) mass is 256 g/mol. The maximum Gasteiger partial charge on any atom is 0.122 e. The van der Waals surface area contributed by atoms with Crippen LogP contribution in [0, 0.1) is 0 Å². The van der Waals surface area contributed by atoms with Gasteiger partial charge in [-0.1, -0.05) is 20.3 Å². The van der Waals surface area contributed by atoms with Crippen LogP contribution in [0.3, 0.4) is 0 Å². The maximum absolute atomic E-state index is 5.75. The van der Waals surface area contributed by atoms with Crippen LogP contribution < -0.4 is 5.32 Å². The fourth-order valence-electron chi connectivity index (χ4n) is 1.80. The third-order valence-electron chi connectivity index (χ3n) is 2.67. The zero-order valence-electron chi connectivity index (χ0n) is 11.3. The Morgan fingerprint density at radius 1 is 1.41 bits per heavy atom. The number of ether oxygens (including phenoxy) is 1. The second kappa shape index (κ2) is 7.80. The van der Waals surface area contributed by atoms with E-state index < -0.39 is 0 Å². The lowest BCUT2D eigenvalue weighted by Crippen LogP contribution is -2.16. The van der Waals surface area contributed by atoms with E-state index in [9.17, 15) is 0 Å². The summed E-state index contributed by atoms with van der Waals surface area (Å²) in [6.07, 6.45) is 4.34. The molecule has 0 fully saturated rings. The Morgan fingerprint density at radius 2 is 2.18 bits per heavy atom. The van der Waals surface area contributed by atoms with Crippen LogP contribution in [0.1, 0.15) is 62.6 Å². The van der Waals surface area contributed by atoms with Gasteiger partial charge in [-0.15, -0.1) is 11.3 Å². The molecule has 0 saturated heterocycles. The average molecular weight is 256 g/mol. The van der Waals surface area contributed by atoms with Crippen molar-refractivity contribution in [2.24, 2.45) is 0 Å². The number of hydrogen-bond donors (Lipinski definition) is 1. The van der Waals surface area contributed by atoms with Crippen molar-refractivity contribution in [3.63, 3.8) is 0 Å². The SMILES string of the molecule is CCCC(OCC)c1ncc(C(C)NCC)s1. The maximum atomic E-state index is 5.75. The van der Waals surface area contributed by atoms with Gasteiger partial charge in [0.2, 0.25) is 0 Å². The Hall–Kier alpha value is -0.450. The van der Waals surface area contributed by atoms with Gasteiger partial charge in [0, 0.05) is 23.7 Å². The molecule has 0 aliphatic carbocycles. The van der Waals surface area contributed by atoms with E-state index in [4.69, 9.17) is 4.74 Å². The summed E-state index contributed by atoms with van der Waals surface area (Å²) in [5, 5.41) is 4.53. The molecule has 17 heavy (non-hydrogen) atoms. The van der Waals surface area contributed by atoms with Crippen molar-refractivity contribution in [1.82, 2.24) is 10.3 Å². The van der Waals surface area contributed by atoms with E-state index in [0.29, 0.717) is 6.04 Å². The Kier molecular flexibility index (Phi) is 6.70. The van der Waals surface area contributed by atoms with E-state index in [-0.39, 0.29) is 6.10 Å². The third-order valence-corrected chi connectivity index (χ3v) is 3.94. The summed E-state index contributed by atoms with van der Waals surface area (Å²) in [7, 11) is 0. The predicted octanol–water partition coefficient (Wildman–Crippen LogP) is 3.69. The number of nitrogens with one attached hydrogen (secondary N) is 1. The quantitative estimate of drug-likeness (QED) is 0.770. The molecule has 0 saturated carbocycles. The summed E-state index contributed by atoms with van der Waals surface area (Å²) in [5.74, 6) is 0. The van der Waals surface area contributed by atoms with Gasteiger partial charge < -0.3 is 10.1 Å². The molecule has 1 aromatic heterocycles. The van der Waals surface area contributed by atoms with Crippen molar-refractivity contribution in [3.8, 4) is 0 Å². The van der Waals surface area contributed by atoms with E-state index in [1.165, 1.54) is 4.88 Å². The van der Waals surface area contributed by atoms with E-state index in [1.807, 2.05) is 13.1 Å². The molecule has 0 aromatic carbocycles. The molecule has 4 heteroatoms. The second-order valence-electron chi connectivity index (χ2n) is 4.11. The van der Waals surface area contributed by atoms with Gasteiger partial charge in [-0.2, -0.15) is 0 Å². The highest BCUT2D eigenvalue weighted by molar-refractivity contribution is 7.11. The first kappa shape index (κ1) is 14.6. The van der Waals surface area contributed by atoms with Gasteiger partial charge >= 0.3 is 0 Å². The number of thiazole rings is 1. The molecule has 98 valence electrons.